The molecule has 1 atom stereocenters. The summed E-state index contributed by atoms with van der Waals surface area (Å²) < 4.78 is 0. The van der Waals surface area contributed by atoms with Crippen molar-refractivity contribution in [1.82, 2.24) is 5.48 Å². The van der Waals surface area contributed by atoms with Gasteiger partial charge in [0.1, 0.15) is 0 Å². The van der Waals surface area contributed by atoms with Crippen LogP contribution in [0.5, 0.6) is 0 Å². The van der Waals surface area contributed by atoms with Gasteiger partial charge in [0, 0.05) is 6.54 Å². The molecule has 0 saturated carbocycles. The smallest absolute Gasteiger partial charge is 0.0572 e. The molecule has 0 radical (unpaired) electrons. The molecule has 0 aliphatic heterocycles. The molecule has 0 amide bonds. The molecule has 0 saturated heterocycles. The van der Waals surface area contributed by atoms with Crippen LogP contribution in [0.15, 0.2) is 24.3 Å². The van der Waals surface area contributed by atoms with Gasteiger partial charge in [0.05, 0.1) is 7.11 Å². The fourth-order valence-electron chi connectivity index (χ4n) is 1.36. The summed E-state index contributed by atoms with van der Waals surface area (Å²) in [7, 11) is 1.63. The van der Waals surface area contributed by atoms with Gasteiger partial charge in [-0.3, -0.25) is 0 Å². The van der Waals surface area contributed by atoms with Gasteiger partial charge in [-0.25, -0.2) is 0 Å². The largest absolute Gasteiger partial charge is 0.305 e. The second-order valence-electron chi connectivity index (χ2n) is 3.58. The van der Waals surface area contributed by atoms with Crippen LogP contribution in [0.2, 0.25) is 0 Å². The molecule has 0 aromatic heterocycles. The molecule has 0 aliphatic carbocycles. The number of hydrogen-bond acceptors (Lipinski definition) is 2. The lowest BCUT2D eigenvalue weighted by Crippen LogP contribution is -2.10. The molecule has 14 heavy (non-hydrogen) atoms. The molecule has 0 bridgehead atoms. The monoisotopic (exact) mass is 193 g/mol. The summed E-state index contributed by atoms with van der Waals surface area (Å²) in [6.45, 7) is 5.23. The van der Waals surface area contributed by atoms with Crippen molar-refractivity contribution in [2.45, 2.75) is 32.7 Å². The Labute approximate surface area is 86.2 Å². The minimum absolute atomic E-state index is 0.652. The van der Waals surface area contributed by atoms with Crippen LogP contribution in [0, 0.1) is 0 Å². The van der Waals surface area contributed by atoms with Crippen LogP contribution >= 0.6 is 0 Å². The van der Waals surface area contributed by atoms with Gasteiger partial charge in [-0.1, -0.05) is 38.1 Å². The zero-order valence-electron chi connectivity index (χ0n) is 9.21. The maximum absolute atomic E-state index is 4.79. The first-order valence-electron chi connectivity index (χ1n) is 5.12. The van der Waals surface area contributed by atoms with Gasteiger partial charge in [0.2, 0.25) is 0 Å². The highest BCUT2D eigenvalue weighted by Gasteiger charge is 2.01. The van der Waals surface area contributed by atoms with Crippen LogP contribution in [0.25, 0.3) is 0 Å². The van der Waals surface area contributed by atoms with E-state index in [4.69, 9.17) is 4.84 Å². The minimum atomic E-state index is 0.652. The first-order chi connectivity index (χ1) is 6.77. The Kier molecular flexibility index (Phi) is 4.63. The summed E-state index contributed by atoms with van der Waals surface area (Å²) in [5.41, 5.74) is 5.49. The lowest BCUT2D eigenvalue weighted by molar-refractivity contribution is 0.0867. The normalized spacial score (nSPS) is 12.8. The third kappa shape index (κ3) is 3.13. The fourth-order valence-corrected chi connectivity index (χ4v) is 1.36. The zero-order chi connectivity index (χ0) is 10.4. The van der Waals surface area contributed by atoms with E-state index in [9.17, 15) is 0 Å². The molecule has 1 rings (SSSR count). The molecule has 1 aromatic rings. The molecule has 1 N–H and O–H groups in total. The summed E-state index contributed by atoms with van der Waals surface area (Å²) in [6.07, 6.45) is 1.19. The Bertz CT molecular complexity index is 256. The van der Waals surface area contributed by atoms with Crippen molar-refractivity contribution < 1.29 is 4.84 Å². The summed E-state index contributed by atoms with van der Waals surface area (Å²) in [5.74, 6) is 0.652. The van der Waals surface area contributed by atoms with E-state index in [-0.39, 0.29) is 0 Å². The van der Waals surface area contributed by atoms with E-state index < -0.39 is 0 Å². The average Bonchev–Trinajstić information content (AvgIpc) is 2.26. The van der Waals surface area contributed by atoms with Crippen molar-refractivity contribution in [3.63, 3.8) is 0 Å². The second kappa shape index (κ2) is 5.78. The first-order valence-corrected chi connectivity index (χ1v) is 5.12. The third-order valence-corrected chi connectivity index (χ3v) is 2.58. The Morgan fingerprint density at radius 3 is 2.43 bits per heavy atom. The number of rotatable bonds is 5. The van der Waals surface area contributed by atoms with Crippen LogP contribution in [-0.2, 0) is 11.4 Å². The van der Waals surface area contributed by atoms with Crippen molar-refractivity contribution >= 4 is 0 Å². The summed E-state index contributed by atoms with van der Waals surface area (Å²) >= 11 is 0. The highest BCUT2D eigenvalue weighted by Crippen LogP contribution is 2.18. The van der Waals surface area contributed by atoms with E-state index in [0.29, 0.717) is 5.92 Å². The summed E-state index contributed by atoms with van der Waals surface area (Å²) in [4.78, 5) is 4.79. The number of hydrogen-bond donors (Lipinski definition) is 1. The van der Waals surface area contributed by atoms with Gasteiger partial charge in [0.15, 0.2) is 0 Å². The molecule has 78 valence electrons. The van der Waals surface area contributed by atoms with E-state index in [1.807, 2.05) is 0 Å². The van der Waals surface area contributed by atoms with Gasteiger partial charge in [-0.05, 0) is 23.5 Å². The van der Waals surface area contributed by atoms with Gasteiger partial charge in [0.25, 0.3) is 0 Å². The predicted octanol–water partition coefficient (Wildman–Crippen LogP) is 2.85. The number of benzene rings is 1. The van der Waals surface area contributed by atoms with Gasteiger partial charge >= 0.3 is 0 Å². The molecule has 0 heterocycles. The van der Waals surface area contributed by atoms with Gasteiger partial charge in [-0.2, -0.15) is 5.48 Å². The Hall–Kier alpha value is -0.860. The van der Waals surface area contributed by atoms with Crippen LogP contribution in [0.1, 0.15) is 37.3 Å². The highest BCUT2D eigenvalue weighted by molar-refractivity contribution is 5.24. The van der Waals surface area contributed by atoms with Crippen molar-refractivity contribution in [2.24, 2.45) is 0 Å². The summed E-state index contributed by atoms with van der Waals surface area (Å²) in [6, 6.07) is 8.68. The lowest BCUT2D eigenvalue weighted by Gasteiger charge is -2.09. The number of nitrogens with one attached hydrogen (secondary N) is 1. The molecule has 2 heteroatoms. The molecular formula is C12H19NO. The van der Waals surface area contributed by atoms with Crippen molar-refractivity contribution in [2.75, 3.05) is 7.11 Å². The van der Waals surface area contributed by atoms with E-state index in [1.165, 1.54) is 17.5 Å². The van der Waals surface area contributed by atoms with Crippen LogP contribution in [0.3, 0.4) is 0 Å². The fraction of sp³-hybridized carbons (Fsp3) is 0.500. The average molecular weight is 193 g/mol. The van der Waals surface area contributed by atoms with E-state index in [0.717, 1.165) is 6.54 Å². The molecule has 1 unspecified atom stereocenters. The second-order valence-corrected chi connectivity index (χ2v) is 3.58. The summed E-state index contributed by atoms with van der Waals surface area (Å²) in [5, 5.41) is 0. The maximum Gasteiger partial charge on any atom is 0.0572 e. The van der Waals surface area contributed by atoms with Crippen molar-refractivity contribution in [3.05, 3.63) is 35.4 Å². The topological polar surface area (TPSA) is 21.3 Å². The Morgan fingerprint density at radius 2 is 1.93 bits per heavy atom. The van der Waals surface area contributed by atoms with E-state index >= 15 is 0 Å². The molecule has 0 aliphatic rings. The minimum Gasteiger partial charge on any atom is -0.305 e. The van der Waals surface area contributed by atoms with Gasteiger partial charge in [-0.15, -0.1) is 0 Å². The van der Waals surface area contributed by atoms with Crippen LogP contribution in [-0.4, -0.2) is 7.11 Å². The Morgan fingerprint density at radius 1 is 1.29 bits per heavy atom. The predicted molar refractivity (Wildman–Crippen MR) is 59.0 cm³/mol. The molecule has 2 nitrogen and oxygen atoms in total. The quantitative estimate of drug-likeness (QED) is 0.726. The standard InChI is InChI=1S/C12H19NO/c1-4-10(2)12-7-5-11(6-8-12)9-13-14-3/h5-8,10,13H,4,9H2,1-3H3. The maximum atomic E-state index is 4.79. The van der Waals surface area contributed by atoms with Gasteiger partial charge < -0.3 is 4.84 Å². The number of hydroxylamine groups is 1. The lowest BCUT2D eigenvalue weighted by atomic mass is 9.98. The van der Waals surface area contributed by atoms with E-state index in [1.54, 1.807) is 7.11 Å². The Balaban J connectivity index is 2.59. The van der Waals surface area contributed by atoms with Crippen molar-refractivity contribution in [1.29, 1.82) is 0 Å². The molecule has 0 spiro atoms. The van der Waals surface area contributed by atoms with E-state index in [2.05, 4.69) is 43.6 Å². The van der Waals surface area contributed by atoms with Crippen LogP contribution in [0.4, 0.5) is 0 Å². The zero-order valence-corrected chi connectivity index (χ0v) is 9.21. The SMILES string of the molecule is CCC(C)c1ccc(CNOC)cc1. The van der Waals surface area contributed by atoms with Crippen molar-refractivity contribution in [3.8, 4) is 0 Å². The molecule has 1 aromatic carbocycles. The first kappa shape index (κ1) is 11.2. The molecule has 0 fully saturated rings. The van der Waals surface area contributed by atoms with Crippen LogP contribution < -0.4 is 5.48 Å². The highest BCUT2D eigenvalue weighted by atomic mass is 16.6. The molecular weight excluding hydrogens is 174 g/mol. The third-order valence-electron chi connectivity index (χ3n) is 2.58.